The van der Waals surface area contributed by atoms with Crippen LogP contribution in [0.1, 0.15) is 33.1 Å². The van der Waals surface area contributed by atoms with Crippen molar-refractivity contribution in [3.8, 4) is 0 Å². The van der Waals surface area contributed by atoms with Crippen LogP contribution in [0.25, 0.3) is 0 Å². The van der Waals surface area contributed by atoms with Gasteiger partial charge in [-0.3, -0.25) is 0 Å². The molecule has 11 heavy (non-hydrogen) atoms. The molecule has 0 unspecified atom stereocenters. The summed E-state index contributed by atoms with van der Waals surface area (Å²) in [5.74, 6) is 0. The number of hydrogen-bond donors (Lipinski definition) is 1. The molecule has 0 spiro atoms. The van der Waals surface area contributed by atoms with Crippen LogP contribution in [0.15, 0.2) is 0 Å². The lowest BCUT2D eigenvalue weighted by molar-refractivity contribution is 0.116. The monoisotopic (exact) mass is 156 g/mol. The maximum Gasteiger partial charge on any atom is 0.0125 e. The highest BCUT2D eigenvalue weighted by Gasteiger charge is 2.29. The summed E-state index contributed by atoms with van der Waals surface area (Å²) in [7, 11) is 0. The van der Waals surface area contributed by atoms with Gasteiger partial charge in [0.05, 0.1) is 0 Å². The van der Waals surface area contributed by atoms with E-state index in [9.17, 15) is 0 Å². The van der Waals surface area contributed by atoms with Crippen LogP contribution in [0.5, 0.6) is 0 Å². The highest BCUT2D eigenvalue weighted by atomic mass is 15.2. The van der Waals surface area contributed by atoms with Crippen molar-refractivity contribution < 1.29 is 0 Å². The first kappa shape index (κ1) is 9.01. The molecule has 0 aromatic heterocycles. The second kappa shape index (κ2) is 4.07. The molecule has 0 radical (unpaired) electrons. The van der Waals surface area contributed by atoms with Crippen LogP contribution in [0.2, 0.25) is 0 Å². The lowest BCUT2D eigenvalue weighted by Gasteiger charge is -2.40. The molecule has 0 aromatic rings. The molecule has 0 amide bonds. The summed E-state index contributed by atoms with van der Waals surface area (Å²) in [6.45, 7) is 6.90. The van der Waals surface area contributed by atoms with Gasteiger partial charge in [-0.2, -0.15) is 0 Å². The van der Waals surface area contributed by atoms with Gasteiger partial charge in [0.25, 0.3) is 0 Å². The van der Waals surface area contributed by atoms with Crippen LogP contribution in [0, 0.1) is 0 Å². The van der Waals surface area contributed by atoms with Gasteiger partial charge in [0.2, 0.25) is 0 Å². The third-order valence-electron chi connectivity index (χ3n) is 2.58. The molecule has 1 rings (SSSR count). The predicted octanol–water partition coefficient (Wildman–Crippen LogP) is 1.21. The minimum absolute atomic E-state index is 0.492. The first-order valence-electron chi connectivity index (χ1n) is 4.77. The Morgan fingerprint density at radius 3 is 2.36 bits per heavy atom. The zero-order valence-corrected chi connectivity index (χ0v) is 7.71. The van der Waals surface area contributed by atoms with E-state index in [0.717, 1.165) is 6.04 Å². The zero-order valence-electron chi connectivity index (χ0n) is 7.71. The van der Waals surface area contributed by atoms with E-state index in [2.05, 4.69) is 18.7 Å². The average molecular weight is 156 g/mol. The van der Waals surface area contributed by atoms with E-state index in [1.165, 1.54) is 32.4 Å². The smallest absolute Gasteiger partial charge is 0.0125 e. The molecule has 0 aliphatic heterocycles. The van der Waals surface area contributed by atoms with Crippen LogP contribution < -0.4 is 5.73 Å². The fourth-order valence-electron chi connectivity index (χ4n) is 1.81. The van der Waals surface area contributed by atoms with Crippen molar-refractivity contribution in [3.63, 3.8) is 0 Å². The molecule has 0 saturated heterocycles. The van der Waals surface area contributed by atoms with Gasteiger partial charge in [0, 0.05) is 12.1 Å². The van der Waals surface area contributed by atoms with E-state index < -0.39 is 0 Å². The maximum absolute atomic E-state index is 5.73. The largest absolute Gasteiger partial charge is 0.328 e. The molecule has 66 valence electrons. The van der Waals surface area contributed by atoms with E-state index in [1.807, 2.05) is 0 Å². The Kier molecular flexibility index (Phi) is 3.34. The topological polar surface area (TPSA) is 29.3 Å². The van der Waals surface area contributed by atoms with Crippen molar-refractivity contribution in [1.82, 2.24) is 4.90 Å². The highest BCUT2D eigenvalue weighted by Crippen LogP contribution is 2.23. The lowest BCUT2D eigenvalue weighted by Crippen LogP contribution is -2.50. The van der Waals surface area contributed by atoms with Crippen molar-refractivity contribution >= 4 is 0 Å². The van der Waals surface area contributed by atoms with Gasteiger partial charge >= 0.3 is 0 Å². The third kappa shape index (κ3) is 2.17. The van der Waals surface area contributed by atoms with Crippen molar-refractivity contribution in [2.24, 2.45) is 5.73 Å². The van der Waals surface area contributed by atoms with Crippen molar-refractivity contribution in [2.75, 3.05) is 13.1 Å². The van der Waals surface area contributed by atoms with E-state index in [1.54, 1.807) is 0 Å². The standard InChI is InChI=1S/C9H20N2/c1-3-5-11(4-2)9-6-8(10)7-9/h8-9H,3-7,10H2,1-2H3. The maximum atomic E-state index is 5.73. The fraction of sp³-hybridized carbons (Fsp3) is 1.00. The van der Waals surface area contributed by atoms with Crippen molar-refractivity contribution in [1.29, 1.82) is 0 Å². The molecule has 0 heterocycles. The first-order chi connectivity index (χ1) is 5.27. The van der Waals surface area contributed by atoms with Gasteiger partial charge in [0.1, 0.15) is 0 Å². The van der Waals surface area contributed by atoms with Crippen LogP contribution in [0.3, 0.4) is 0 Å². The molecule has 1 aliphatic rings. The molecular formula is C9H20N2. The summed E-state index contributed by atoms with van der Waals surface area (Å²) in [5.41, 5.74) is 5.73. The summed E-state index contributed by atoms with van der Waals surface area (Å²) in [6, 6.07) is 1.29. The highest BCUT2D eigenvalue weighted by molar-refractivity contribution is 4.88. The molecule has 2 heteroatoms. The molecule has 1 fully saturated rings. The average Bonchev–Trinajstić information content (AvgIpc) is 1.95. The van der Waals surface area contributed by atoms with Gasteiger partial charge in [-0.1, -0.05) is 13.8 Å². The Hall–Kier alpha value is -0.0800. The molecule has 0 atom stereocenters. The van der Waals surface area contributed by atoms with Gasteiger partial charge in [-0.05, 0) is 32.4 Å². The number of hydrogen-bond acceptors (Lipinski definition) is 2. The van der Waals surface area contributed by atoms with Gasteiger partial charge < -0.3 is 10.6 Å². The van der Waals surface area contributed by atoms with E-state index in [-0.39, 0.29) is 0 Å². The third-order valence-corrected chi connectivity index (χ3v) is 2.58. The van der Waals surface area contributed by atoms with Crippen LogP contribution >= 0.6 is 0 Å². The Labute approximate surface area is 69.8 Å². The van der Waals surface area contributed by atoms with Crippen molar-refractivity contribution in [2.45, 2.75) is 45.2 Å². The lowest BCUT2D eigenvalue weighted by atomic mass is 9.86. The number of nitrogens with zero attached hydrogens (tertiary/aromatic N) is 1. The van der Waals surface area contributed by atoms with Crippen LogP contribution in [-0.4, -0.2) is 30.1 Å². The molecule has 2 N–H and O–H groups in total. The Morgan fingerprint density at radius 1 is 1.36 bits per heavy atom. The minimum atomic E-state index is 0.492. The normalized spacial score (nSPS) is 30.5. The Morgan fingerprint density at radius 2 is 2.00 bits per heavy atom. The van der Waals surface area contributed by atoms with Crippen LogP contribution in [-0.2, 0) is 0 Å². The number of rotatable bonds is 4. The summed E-state index contributed by atoms with van der Waals surface area (Å²) in [5, 5.41) is 0. The van der Waals surface area contributed by atoms with Gasteiger partial charge in [-0.25, -0.2) is 0 Å². The molecule has 1 aliphatic carbocycles. The fourth-order valence-corrected chi connectivity index (χ4v) is 1.81. The number of nitrogens with two attached hydrogens (primary N) is 1. The second-order valence-corrected chi connectivity index (χ2v) is 3.51. The molecular weight excluding hydrogens is 136 g/mol. The summed E-state index contributed by atoms with van der Waals surface area (Å²) in [4.78, 5) is 2.54. The summed E-state index contributed by atoms with van der Waals surface area (Å²) < 4.78 is 0. The predicted molar refractivity (Wildman–Crippen MR) is 48.5 cm³/mol. The van der Waals surface area contributed by atoms with E-state index in [0.29, 0.717) is 6.04 Å². The second-order valence-electron chi connectivity index (χ2n) is 3.51. The SMILES string of the molecule is CCCN(CC)C1CC(N)C1. The summed E-state index contributed by atoms with van der Waals surface area (Å²) >= 11 is 0. The van der Waals surface area contributed by atoms with Gasteiger partial charge in [0.15, 0.2) is 0 Å². The quantitative estimate of drug-likeness (QED) is 0.663. The van der Waals surface area contributed by atoms with Crippen molar-refractivity contribution in [3.05, 3.63) is 0 Å². The zero-order chi connectivity index (χ0) is 8.27. The molecule has 1 saturated carbocycles. The molecule has 2 nitrogen and oxygen atoms in total. The minimum Gasteiger partial charge on any atom is -0.328 e. The van der Waals surface area contributed by atoms with Crippen LogP contribution in [0.4, 0.5) is 0 Å². The van der Waals surface area contributed by atoms with E-state index in [4.69, 9.17) is 5.73 Å². The van der Waals surface area contributed by atoms with Gasteiger partial charge in [-0.15, -0.1) is 0 Å². The molecule has 0 bridgehead atoms. The summed E-state index contributed by atoms with van der Waals surface area (Å²) in [6.07, 6.45) is 3.70. The first-order valence-corrected chi connectivity index (χ1v) is 4.77. The molecule has 0 aromatic carbocycles. The Balaban J connectivity index is 2.20. The van der Waals surface area contributed by atoms with E-state index >= 15 is 0 Å². The Bertz CT molecular complexity index is 108.